The Bertz CT molecular complexity index is 514. The predicted molar refractivity (Wildman–Crippen MR) is 74.9 cm³/mol. The van der Waals surface area contributed by atoms with Crippen molar-refractivity contribution in [3.05, 3.63) is 47.5 Å². The zero-order valence-electron chi connectivity index (χ0n) is 11.4. The fourth-order valence-electron chi connectivity index (χ4n) is 3.67. The predicted octanol–water partition coefficient (Wildman–Crippen LogP) is 3.75. The zero-order valence-corrected chi connectivity index (χ0v) is 11.4. The van der Waals surface area contributed by atoms with Crippen molar-refractivity contribution in [3.63, 3.8) is 0 Å². The van der Waals surface area contributed by atoms with Crippen molar-refractivity contribution in [2.75, 3.05) is 6.61 Å². The number of hydrogen-bond acceptors (Lipinski definition) is 2. The summed E-state index contributed by atoms with van der Waals surface area (Å²) in [5, 5.41) is 0. The maximum Gasteiger partial charge on any atom is 0.316 e. The van der Waals surface area contributed by atoms with Crippen LogP contribution < -0.4 is 0 Å². The Labute approximate surface area is 114 Å². The van der Waals surface area contributed by atoms with E-state index in [0.717, 1.165) is 31.3 Å². The van der Waals surface area contributed by atoms with Crippen LogP contribution in [0.1, 0.15) is 42.7 Å². The molecule has 2 fully saturated rings. The van der Waals surface area contributed by atoms with Gasteiger partial charge in [0.25, 0.3) is 0 Å². The first-order valence-corrected chi connectivity index (χ1v) is 7.04. The summed E-state index contributed by atoms with van der Waals surface area (Å²) >= 11 is 0. The summed E-state index contributed by atoms with van der Waals surface area (Å²) in [6.07, 6.45) is 4.02. The lowest BCUT2D eigenvalue weighted by atomic mass is 9.65. The number of hydrogen-bond donors (Lipinski definition) is 0. The molecule has 1 aliphatic carbocycles. The van der Waals surface area contributed by atoms with Crippen LogP contribution in [0.5, 0.6) is 0 Å². The van der Waals surface area contributed by atoms with Crippen LogP contribution in [-0.4, -0.2) is 12.6 Å². The first kappa shape index (κ1) is 12.5. The van der Waals surface area contributed by atoms with Crippen LogP contribution in [-0.2, 0) is 9.53 Å². The summed E-state index contributed by atoms with van der Waals surface area (Å²) in [7, 11) is 0. The third-order valence-electron chi connectivity index (χ3n) is 4.82. The van der Waals surface area contributed by atoms with Gasteiger partial charge in [0.05, 0.1) is 5.41 Å². The molecule has 0 bridgehead atoms. The lowest BCUT2D eigenvalue weighted by Crippen LogP contribution is -2.33. The smallest absolute Gasteiger partial charge is 0.316 e. The molecule has 2 heteroatoms. The zero-order chi connectivity index (χ0) is 13.5. The van der Waals surface area contributed by atoms with E-state index in [4.69, 9.17) is 4.74 Å². The third-order valence-corrected chi connectivity index (χ3v) is 4.82. The van der Waals surface area contributed by atoms with Gasteiger partial charge in [-0.2, -0.15) is 0 Å². The molecule has 1 saturated heterocycles. The van der Waals surface area contributed by atoms with E-state index < -0.39 is 5.41 Å². The average molecular weight is 256 g/mol. The number of rotatable bonds is 1. The molecule has 0 amide bonds. The molecule has 2 nitrogen and oxygen atoms in total. The Morgan fingerprint density at radius 3 is 2.84 bits per heavy atom. The fourth-order valence-corrected chi connectivity index (χ4v) is 3.67. The number of carbonyl (C=O) groups excluding carboxylic acids is 1. The normalized spacial score (nSPS) is 30.7. The lowest BCUT2D eigenvalue weighted by Gasteiger charge is -2.36. The molecule has 2 atom stereocenters. The van der Waals surface area contributed by atoms with Crippen molar-refractivity contribution < 1.29 is 9.53 Å². The minimum Gasteiger partial charge on any atom is -0.460 e. The molecule has 0 radical (unpaired) electrons. The molecule has 0 N–H and O–H groups in total. The van der Waals surface area contributed by atoms with Gasteiger partial charge >= 0.3 is 5.97 Å². The molecule has 3 rings (SSSR count). The number of esters is 1. The van der Waals surface area contributed by atoms with Crippen molar-refractivity contribution in [1.82, 2.24) is 0 Å². The minimum absolute atomic E-state index is 0.0456. The maximum atomic E-state index is 12.1. The number of cyclic esters (lactones) is 1. The van der Waals surface area contributed by atoms with Gasteiger partial charge in [-0.05, 0) is 48.8 Å². The molecule has 0 aromatic heterocycles. The molecule has 0 unspecified atom stereocenters. The number of carbonyl (C=O) groups is 1. The van der Waals surface area contributed by atoms with Crippen LogP contribution in [0.3, 0.4) is 0 Å². The Morgan fingerprint density at radius 2 is 2.16 bits per heavy atom. The van der Waals surface area contributed by atoms with Gasteiger partial charge in [0, 0.05) is 0 Å². The largest absolute Gasteiger partial charge is 0.460 e. The SMILES string of the molecule is C=C1COC(=O)[C@@]12CCC[C@@H](c1ccccc1C)C2. The van der Waals surface area contributed by atoms with E-state index in [9.17, 15) is 4.79 Å². The molecule has 100 valence electrons. The van der Waals surface area contributed by atoms with Gasteiger partial charge < -0.3 is 4.74 Å². The summed E-state index contributed by atoms with van der Waals surface area (Å²) in [4.78, 5) is 12.1. The molecular formula is C17H20O2. The van der Waals surface area contributed by atoms with E-state index in [1.165, 1.54) is 11.1 Å². The molecule has 1 aromatic rings. The van der Waals surface area contributed by atoms with Crippen molar-refractivity contribution >= 4 is 5.97 Å². The van der Waals surface area contributed by atoms with Crippen LogP contribution in [0.4, 0.5) is 0 Å². The van der Waals surface area contributed by atoms with E-state index >= 15 is 0 Å². The first-order chi connectivity index (χ1) is 9.13. The molecule has 1 spiro atoms. The highest BCUT2D eigenvalue weighted by molar-refractivity contribution is 5.83. The fraction of sp³-hybridized carbons (Fsp3) is 0.471. The van der Waals surface area contributed by atoms with E-state index in [2.05, 4.69) is 37.8 Å². The van der Waals surface area contributed by atoms with Crippen LogP contribution in [0.2, 0.25) is 0 Å². The Morgan fingerprint density at radius 1 is 1.37 bits per heavy atom. The quantitative estimate of drug-likeness (QED) is 0.565. The second-order valence-corrected chi connectivity index (χ2v) is 5.91. The second kappa shape index (κ2) is 4.52. The monoisotopic (exact) mass is 256 g/mol. The molecule has 19 heavy (non-hydrogen) atoms. The van der Waals surface area contributed by atoms with Gasteiger partial charge in [0.2, 0.25) is 0 Å². The molecule has 1 aromatic carbocycles. The molecular weight excluding hydrogens is 236 g/mol. The highest BCUT2D eigenvalue weighted by Crippen LogP contribution is 2.51. The molecule has 1 heterocycles. The van der Waals surface area contributed by atoms with E-state index in [1.54, 1.807) is 0 Å². The Balaban J connectivity index is 1.92. The van der Waals surface area contributed by atoms with Crippen molar-refractivity contribution in [3.8, 4) is 0 Å². The summed E-state index contributed by atoms with van der Waals surface area (Å²) in [6, 6.07) is 8.51. The van der Waals surface area contributed by atoms with Gasteiger partial charge in [-0.1, -0.05) is 37.3 Å². The van der Waals surface area contributed by atoms with Crippen LogP contribution in [0.15, 0.2) is 36.4 Å². The molecule has 1 aliphatic heterocycles. The lowest BCUT2D eigenvalue weighted by molar-refractivity contribution is -0.147. The number of aryl methyl sites for hydroxylation is 1. The van der Waals surface area contributed by atoms with Gasteiger partial charge in [-0.15, -0.1) is 0 Å². The van der Waals surface area contributed by atoms with Crippen LogP contribution >= 0.6 is 0 Å². The van der Waals surface area contributed by atoms with E-state index in [0.29, 0.717) is 12.5 Å². The summed E-state index contributed by atoms with van der Waals surface area (Å²) < 4.78 is 5.23. The summed E-state index contributed by atoms with van der Waals surface area (Å²) in [5.74, 6) is 0.410. The van der Waals surface area contributed by atoms with E-state index in [1.807, 2.05) is 0 Å². The van der Waals surface area contributed by atoms with Crippen molar-refractivity contribution in [1.29, 1.82) is 0 Å². The highest BCUT2D eigenvalue weighted by Gasteiger charge is 2.50. The maximum absolute atomic E-state index is 12.1. The van der Waals surface area contributed by atoms with E-state index in [-0.39, 0.29) is 5.97 Å². The van der Waals surface area contributed by atoms with Crippen molar-refractivity contribution in [2.45, 2.75) is 38.5 Å². The van der Waals surface area contributed by atoms with Crippen LogP contribution in [0.25, 0.3) is 0 Å². The summed E-state index contributed by atoms with van der Waals surface area (Å²) in [6.45, 7) is 6.65. The first-order valence-electron chi connectivity index (χ1n) is 7.04. The highest BCUT2D eigenvalue weighted by atomic mass is 16.5. The van der Waals surface area contributed by atoms with Crippen LogP contribution in [0, 0.1) is 12.3 Å². The van der Waals surface area contributed by atoms with Gasteiger partial charge in [0.15, 0.2) is 0 Å². The summed E-state index contributed by atoms with van der Waals surface area (Å²) in [5.41, 5.74) is 3.29. The molecule has 1 saturated carbocycles. The number of ether oxygens (including phenoxy) is 1. The number of benzene rings is 1. The van der Waals surface area contributed by atoms with Crippen molar-refractivity contribution in [2.24, 2.45) is 5.41 Å². The Kier molecular flexibility index (Phi) is 2.96. The topological polar surface area (TPSA) is 26.3 Å². The average Bonchev–Trinajstić information content (AvgIpc) is 2.68. The minimum atomic E-state index is -0.398. The third kappa shape index (κ3) is 1.90. The van der Waals surface area contributed by atoms with Gasteiger partial charge in [0.1, 0.15) is 6.61 Å². The van der Waals surface area contributed by atoms with Gasteiger partial charge in [-0.25, -0.2) is 0 Å². The molecule has 2 aliphatic rings. The van der Waals surface area contributed by atoms with Gasteiger partial charge in [-0.3, -0.25) is 4.79 Å². The second-order valence-electron chi connectivity index (χ2n) is 5.91. The standard InChI is InChI=1S/C17H20O2/c1-12-6-3-4-8-15(12)14-7-5-9-17(10-14)13(2)11-19-16(17)18/h3-4,6,8,14H,2,5,7,9-11H2,1H3/t14-,17-/m1/s1. The Hall–Kier alpha value is -1.57.